The maximum absolute atomic E-state index is 12.4. The molecule has 0 bridgehead atoms. The summed E-state index contributed by atoms with van der Waals surface area (Å²) < 4.78 is 0. The summed E-state index contributed by atoms with van der Waals surface area (Å²) in [5.41, 5.74) is 1.60. The molecule has 0 amide bonds. The van der Waals surface area contributed by atoms with Crippen LogP contribution in [-0.2, 0) is 0 Å². The van der Waals surface area contributed by atoms with Gasteiger partial charge in [-0.25, -0.2) is 0 Å². The third-order valence-electron chi connectivity index (χ3n) is 2.82. The van der Waals surface area contributed by atoms with E-state index in [1.165, 1.54) is 0 Å². The van der Waals surface area contributed by atoms with Crippen LogP contribution in [0.3, 0.4) is 0 Å². The van der Waals surface area contributed by atoms with Gasteiger partial charge in [0, 0.05) is 15.6 Å². The zero-order valence-corrected chi connectivity index (χ0v) is 14.9. The van der Waals surface area contributed by atoms with E-state index in [1.54, 1.807) is 36.4 Å². The lowest BCUT2D eigenvalue weighted by Gasteiger charge is -2.16. The highest BCUT2D eigenvalue weighted by atomic mass is 79.9. The number of halogens is 4. The molecule has 0 fully saturated rings. The minimum Gasteiger partial charge on any atom is -0.293 e. The van der Waals surface area contributed by atoms with Crippen molar-refractivity contribution in [1.82, 2.24) is 0 Å². The van der Waals surface area contributed by atoms with Crippen molar-refractivity contribution in [2.75, 3.05) is 0 Å². The van der Waals surface area contributed by atoms with Gasteiger partial charge in [0.15, 0.2) is 5.78 Å². The van der Waals surface area contributed by atoms with Crippen LogP contribution < -0.4 is 0 Å². The van der Waals surface area contributed by atoms with Gasteiger partial charge in [0.25, 0.3) is 0 Å². The summed E-state index contributed by atoms with van der Waals surface area (Å²) in [5, 5.41) is 1.28. The normalized spacial score (nSPS) is 13.8. The first kappa shape index (κ1) is 16.0. The zero-order chi connectivity index (χ0) is 14.7. The van der Waals surface area contributed by atoms with E-state index in [0.29, 0.717) is 15.6 Å². The van der Waals surface area contributed by atoms with Gasteiger partial charge in [-0.3, -0.25) is 4.79 Å². The van der Waals surface area contributed by atoms with Gasteiger partial charge < -0.3 is 0 Å². The zero-order valence-electron chi connectivity index (χ0n) is 10.2. The van der Waals surface area contributed by atoms with E-state index in [-0.39, 0.29) is 15.4 Å². The third-order valence-corrected chi connectivity index (χ3v) is 6.04. The average molecular weight is 437 g/mol. The Morgan fingerprint density at radius 1 is 0.850 bits per heavy atom. The van der Waals surface area contributed by atoms with Gasteiger partial charge in [-0.05, 0) is 42.0 Å². The van der Waals surface area contributed by atoms with Crippen LogP contribution in [0.2, 0.25) is 10.0 Å². The number of carbonyl (C=O) groups excluding carboxylic acids is 1. The Morgan fingerprint density at radius 3 is 1.80 bits per heavy atom. The number of ketones is 1. The molecule has 1 nitrogen and oxygen atoms in total. The summed E-state index contributed by atoms with van der Waals surface area (Å²) >= 11 is 18.7. The highest BCUT2D eigenvalue weighted by Crippen LogP contribution is 2.33. The summed E-state index contributed by atoms with van der Waals surface area (Å²) in [6, 6.07) is 14.3. The van der Waals surface area contributed by atoms with Crippen LogP contribution in [0.15, 0.2) is 48.5 Å². The number of rotatable bonds is 4. The van der Waals surface area contributed by atoms with Gasteiger partial charge in [-0.2, -0.15) is 0 Å². The average Bonchev–Trinajstić information content (AvgIpc) is 2.46. The molecule has 2 aromatic carbocycles. The number of hydrogen-bond acceptors (Lipinski definition) is 1. The second-order valence-electron chi connectivity index (χ2n) is 4.23. The van der Waals surface area contributed by atoms with Gasteiger partial charge in [0.05, 0.1) is 9.65 Å². The van der Waals surface area contributed by atoms with Crippen LogP contribution in [-0.4, -0.2) is 10.6 Å². The fourth-order valence-electron chi connectivity index (χ4n) is 1.72. The number of hydrogen-bond donors (Lipinski definition) is 0. The van der Waals surface area contributed by atoms with Gasteiger partial charge in [-0.1, -0.05) is 67.2 Å². The molecule has 5 heteroatoms. The molecule has 0 aromatic heterocycles. The van der Waals surface area contributed by atoms with E-state index in [9.17, 15) is 4.79 Å². The molecule has 0 unspecified atom stereocenters. The highest BCUT2D eigenvalue weighted by Gasteiger charge is 2.25. The smallest absolute Gasteiger partial charge is 0.177 e. The fourth-order valence-corrected chi connectivity index (χ4v) is 3.09. The Morgan fingerprint density at radius 2 is 1.30 bits per heavy atom. The largest absolute Gasteiger partial charge is 0.293 e. The quantitative estimate of drug-likeness (QED) is 0.419. The molecule has 20 heavy (non-hydrogen) atoms. The van der Waals surface area contributed by atoms with Crippen molar-refractivity contribution in [3.63, 3.8) is 0 Å². The lowest BCUT2D eigenvalue weighted by atomic mass is 10.0. The standard InChI is InChI=1S/C15H10Br2Cl2O/c16-13(9-1-5-11(18)6-2-9)14(17)15(20)10-3-7-12(19)8-4-10/h1-8,13-14H/t13-,14-/m1/s1. The van der Waals surface area contributed by atoms with E-state index in [2.05, 4.69) is 31.9 Å². The van der Waals surface area contributed by atoms with Crippen molar-refractivity contribution >= 4 is 60.8 Å². The molecular formula is C15H10Br2Cl2O. The van der Waals surface area contributed by atoms with Gasteiger partial charge in [0.2, 0.25) is 0 Å². The first-order valence-corrected chi connectivity index (χ1v) is 8.41. The van der Waals surface area contributed by atoms with Crippen LogP contribution in [0.4, 0.5) is 0 Å². The molecule has 0 spiro atoms. The number of benzene rings is 2. The predicted molar refractivity (Wildman–Crippen MR) is 91.6 cm³/mol. The van der Waals surface area contributed by atoms with Gasteiger partial charge >= 0.3 is 0 Å². The summed E-state index contributed by atoms with van der Waals surface area (Å²) in [7, 11) is 0. The monoisotopic (exact) mass is 434 g/mol. The Hall–Kier alpha value is -0.350. The van der Waals surface area contributed by atoms with Crippen LogP contribution >= 0.6 is 55.1 Å². The maximum atomic E-state index is 12.4. The second kappa shape index (κ2) is 7.08. The first-order chi connectivity index (χ1) is 9.49. The number of alkyl halides is 2. The Bertz CT molecular complexity index is 596. The van der Waals surface area contributed by atoms with E-state index in [4.69, 9.17) is 23.2 Å². The molecule has 0 aliphatic carbocycles. The number of Topliss-reactive ketones (excluding diaryl/α,β-unsaturated/α-hetero) is 1. The topological polar surface area (TPSA) is 17.1 Å². The molecule has 2 aromatic rings. The molecule has 2 rings (SSSR count). The van der Waals surface area contributed by atoms with Crippen molar-refractivity contribution in [3.05, 3.63) is 69.7 Å². The van der Waals surface area contributed by atoms with Crippen molar-refractivity contribution < 1.29 is 4.79 Å². The van der Waals surface area contributed by atoms with E-state index >= 15 is 0 Å². The van der Waals surface area contributed by atoms with E-state index in [1.807, 2.05) is 12.1 Å². The Kier molecular flexibility index (Phi) is 5.67. The van der Waals surface area contributed by atoms with Gasteiger partial charge in [0.1, 0.15) is 0 Å². The van der Waals surface area contributed by atoms with Crippen molar-refractivity contribution in [1.29, 1.82) is 0 Å². The summed E-state index contributed by atoms with van der Waals surface area (Å²) in [6.07, 6.45) is 0. The van der Waals surface area contributed by atoms with Crippen LogP contribution in [0.5, 0.6) is 0 Å². The van der Waals surface area contributed by atoms with Crippen LogP contribution in [0.25, 0.3) is 0 Å². The second-order valence-corrected chi connectivity index (χ2v) is 7.07. The SMILES string of the molecule is O=C(c1ccc(Cl)cc1)[C@H](Br)[C@H](Br)c1ccc(Cl)cc1. The van der Waals surface area contributed by atoms with Crippen molar-refractivity contribution in [2.24, 2.45) is 0 Å². The van der Waals surface area contributed by atoms with E-state index < -0.39 is 0 Å². The molecule has 0 aliphatic heterocycles. The highest BCUT2D eigenvalue weighted by molar-refractivity contribution is 9.12. The Labute approximate surface area is 144 Å². The molecule has 0 saturated heterocycles. The van der Waals surface area contributed by atoms with Crippen molar-refractivity contribution in [3.8, 4) is 0 Å². The molecule has 2 atom stereocenters. The lowest BCUT2D eigenvalue weighted by molar-refractivity contribution is 0.0991. The van der Waals surface area contributed by atoms with Crippen LogP contribution in [0, 0.1) is 0 Å². The molecule has 0 N–H and O–H groups in total. The van der Waals surface area contributed by atoms with Gasteiger partial charge in [-0.15, -0.1) is 0 Å². The lowest BCUT2D eigenvalue weighted by Crippen LogP contribution is -2.19. The van der Waals surface area contributed by atoms with Crippen LogP contribution in [0.1, 0.15) is 20.7 Å². The minimum atomic E-state index is -0.371. The maximum Gasteiger partial charge on any atom is 0.177 e. The summed E-state index contributed by atoms with van der Waals surface area (Å²) in [6.45, 7) is 0. The first-order valence-electron chi connectivity index (χ1n) is 5.82. The molecule has 0 aliphatic rings. The molecule has 104 valence electrons. The summed E-state index contributed by atoms with van der Waals surface area (Å²) in [4.78, 5) is 11.9. The minimum absolute atomic E-state index is 0.00140. The molecule has 0 heterocycles. The molecular weight excluding hydrogens is 427 g/mol. The molecule has 0 radical (unpaired) electrons. The molecule has 0 saturated carbocycles. The third kappa shape index (κ3) is 3.85. The van der Waals surface area contributed by atoms with Crippen molar-refractivity contribution in [2.45, 2.75) is 9.65 Å². The fraction of sp³-hybridized carbons (Fsp3) is 0.133. The van der Waals surface area contributed by atoms with E-state index in [0.717, 1.165) is 5.56 Å². The predicted octanol–water partition coefficient (Wildman–Crippen LogP) is 6.08. The number of carbonyl (C=O) groups is 1. The Balaban J connectivity index is 2.17. The summed E-state index contributed by atoms with van der Waals surface area (Å²) in [5.74, 6) is -0.00140.